The fourth-order valence-corrected chi connectivity index (χ4v) is 3.79. The molecule has 126 valence electrons. The molecule has 0 bridgehead atoms. The Kier molecular flexibility index (Phi) is 4.27. The van der Waals surface area contributed by atoms with Gasteiger partial charge in [0.1, 0.15) is 11.6 Å². The van der Waals surface area contributed by atoms with E-state index in [0.29, 0.717) is 16.2 Å². The predicted molar refractivity (Wildman–Crippen MR) is 98.8 cm³/mol. The Bertz CT molecular complexity index is 973. The monoisotopic (exact) mass is 418 g/mol. The molecular formula is C18H12BrFN2O2S. The maximum Gasteiger partial charge on any atom is 0.258 e. The van der Waals surface area contributed by atoms with Gasteiger partial charge in [-0.3, -0.25) is 10.1 Å². The lowest BCUT2D eigenvalue weighted by atomic mass is 10.1. The maximum absolute atomic E-state index is 13.4. The second-order valence-corrected chi connectivity index (χ2v) is 7.25. The van der Waals surface area contributed by atoms with Gasteiger partial charge in [0.25, 0.3) is 5.91 Å². The summed E-state index contributed by atoms with van der Waals surface area (Å²) in [4.78, 5) is 16.8. The normalized spacial score (nSPS) is 12.6. The molecule has 0 aliphatic carbocycles. The third kappa shape index (κ3) is 3.29. The number of amides is 1. The van der Waals surface area contributed by atoms with Gasteiger partial charge in [0, 0.05) is 21.8 Å². The highest BCUT2D eigenvalue weighted by Gasteiger charge is 2.16. The Morgan fingerprint density at radius 1 is 1.28 bits per heavy atom. The van der Waals surface area contributed by atoms with Gasteiger partial charge in [0.05, 0.1) is 17.9 Å². The summed E-state index contributed by atoms with van der Waals surface area (Å²) < 4.78 is 19.4. The molecule has 1 aromatic heterocycles. The number of anilines is 1. The summed E-state index contributed by atoms with van der Waals surface area (Å²) in [7, 11) is 0. The van der Waals surface area contributed by atoms with Gasteiger partial charge in [0.2, 0.25) is 0 Å². The first-order chi connectivity index (χ1) is 12.1. The molecule has 0 saturated heterocycles. The standard InChI is InChI=1S/C18H12BrFN2O2S/c19-14-3-2-12(20)8-13(14)17(23)22-18-21-15(9-25-18)10-1-4-16-11(7-10)5-6-24-16/h1-4,7-9H,5-6H2,(H,21,22,23). The smallest absolute Gasteiger partial charge is 0.258 e. The number of nitrogens with zero attached hydrogens (tertiary/aromatic N) is 1. The van der Waals surface area contributed by atoms with Gasteiger partial charge in [-0.05, 0) is 57.9 Å². The summed E-state index contributed by atoms with van der Waals surface area (Å²) in [6.07, 6.45) is 0.893. The minimum absolute atomic E-state index is 0.228. The van der Waals surface area contributed by atoms with Crippen molar-refractivity contribution < 1.29 is 13.9 Å². The van der Waals surface area contributed by atoms with Gasteiger partial charge in [-0.25, -0.2) is 9.37 Å². The molecular weight excluding hydrogens is 407 g/mol. The van der Waals surface area contributed by atoms with E-state index in [2.05, 4.69) is 32.3 Å². The molecule has 0 radical (unpaired) electrons. The summed E-state index contributed by atoms with van der Waals surface area (Å²) in [5.41, 5.74) is 3.16. The molecule has 4 nitrogen and oxygen atoms in total. The second kappa shape index (κ2) is 6.57. The van der Waals surface area contributed by atoms with Crippen LogP contribution >= 0.6 is 27.3 Å². The number of aromatic nitrogens is 1. The predicted octanol–water partition coefficient (Wildman–Crippen LogP) is 4.90. The molecule has 0 fully saturated rings. The van der Waals surface area contributed by atoms with Crippen LogP contribution in [0.15, 0.2) is 46.3 Å². The molecule has 2 aromatic carbocycles. The van der Waals surface area contributed by atoms with E-state index in [1.807, 2.05) is 17.5 Å². The van der Waals surface area contributed by atoms with Crippen LogP contribution in [-0.4, -0.2) is 17.5 Å². The number of fused-ring (bicyclic) bond motifs is 1. The largest absolute Gasteiger partial charge is 0.493 e. The molecule has 0 spiro atoms. The molecule has 1 aliphatic rings. The summed E-state index contributed by atoms with van der Waals surface area (Å²) >= 11 is 4.59. The number of carbonyl (C=O) groups is 1. The van der Waals surface area contributed by atoms with Crippen molar-refractivity contribution in [2.24, 2.45) is 0 Å². The van der Waals surface area contributed by atoms with Gasteiger partial charge in [0.15, 0.2) is 5.13 Å². The second-order valence-electron chi connectivity index (χ2n) is 5.54. The van der Waals surface area contributed by atoms with E-state index < -0.39 is 11.7 Å². The minimum atomic E-state index is -0.464. The fourth-order valence-electron chi connectivity index (χ4n) is 2.65. The molecule has 4 rings (SSSR count). The van der Waals surface area contributed by atoms with E-state index in [0.717, 1.165) is 23.4 Å². The highest BCUT2D eigenvalue weighted by atomic mass is 79.9. The topological polar surface area (TPSA) is 51.2 Å². The number of hydrogen-bond donors (Lipinski definition) is 1. The molecule has 0 unspecified atom stereocenters. The van der Waals surface area contributed by atoms with E-state index in [1.165, 1.54) is 35.1 Å². The van der Waals surface area contributed by atoms with E-state index in [-0.39, 0.29) is 5.56 Å². The van der Waals surface area contributed by atoms with E-state index in [9.17, 15) is 9.18 Å². The Labute approximate surface area is 155 Å². The Hall–Kier alpha value is -2.25. The number of ether oxygens (including phenoxy) is 1. The zero-order valence-corrected chi connectivity index (χ0v) is 15.3. The van der Waals surface area contributed by atoms with Crippen molar-refractivity contribution >= 4 is 38.3 Å². The van der Waals surface area contributed by atoms with E-state index >= 15 is 0 Å². The molecule has 1 amide bonds. The van der Waals surface area contributed by atoms with Crippen molar-refractivity contribution in [2.45, 2.75) is 6.42 Å². The first kappa shape index (κ1) is 16.2. The van der Waals surface area contributed by atoms with Crippen molar-refractivity contribution in [2.75, 3.05) is 11.9 Å². The minimum Gasteiger partial charge on any atom is -0.493 e. The van der Waals surface area contributed by atoms with Crippen LogP contribution in [0.4, 0.5) is 9.52 Å². The van der Waals surface area contributed by atoms with E-state index in [4.69, 9.17) is 4.74 Å². The van der Waals surface area contributed by atoms with Crippen molar-refractivity contribution in [1.82, 2.24) is 4.98 Å². The Morgan fingerprint density at radius 2 is 2.16 bits per heavy atom. The van der Waals surface area contributed by atoms with Gasteiger partial charge in [-0.2, -0.15) is 0 Å². The number of hydrogen-bond acceptors (Lipinski definition) is 4. The van der Waals surface area contributed by atoms with Crippen molar-refractivity contribution in [3.8, 4) is 17.0 Å². The molecule has 7 heteroatoms. The maximum atomic E-state index is 13.4. The van der Waals surface area contributed by atoms with Crippen LogP contribution in [0.3, 0.4) is 0 Å². The number of rotatable bonds is 3. The summed E-state index contributed by atoms with van der Waals surface area (Å²) in [5.74, 6) is 0.0478. The molecule has 1 N–H and O–H groups in total. The average Bonchev–Trinajstić information content (AvgIpc) is 3.25. The quantitative estimate of drug-likeness (QED) is 0.657. The average molecular weight is 419 g/mol. The number of thiazole rings is 1. The van der Waals surface area contributed by atoms with Crippen molar-refractivity contribution in [1.29, 1.82) is 0 Å². The van der Waals surface area contributed by atoms with Gasteiger partial charge in [-0.15, -0.1) is 11.3 Å². The lowest BCUT2D eigenvalue weighted by Crippen LogP contribution is -2.12. The molecule has 0 atom stereocenters. The number of benzene rings is 2. The lowest BCUT2D eigenvalue weighted by molar-refractivity contribution is 0.102. The zero-order valence-electron chi connectivity index (χ0n) is 12.9. The Morgan fingerprint density at radius 3 is 3.04 bits per heavy atom. The van der Waals surface area contributed by atoms with Crippen LogP contribution in [0.1, 0.15) is 15.9 Å². The summed E-state index contributed by atoms with van der Waals surface area (Å²) in [6, 6.07) is 9.94. The SMILES string of the molecule is O=C(Nc1nc(-c2ccc3c(c2)CCO3)cs1)c1cc(F)ccc1Br. The van der Waals surface area contributed by atoms with Crippen LogP contribution in [0.5, 0.6) is 5.75 Å². The van der Waals surface area contributed by atoms with Crippen LogP contribution in [0.2, 0.25) is 0 Å². The van der Waals surface area contributed by atoms with Gasteiger partial charge in [-0.1, -0.05) is 0 Å². The first-order valence-electron chi connectivity index (χ1n) is 7.58. The van der Waals surface area contributed by atoms with E-state index in [1.54, 1.807) is 0 Å². The molecule has 3 aromatic rings. The Balaban J connectivity index is 1.55. The molecule has 2 heterocycles. The van der Waals surface area contributed by atoms with Crippen LogP contribution in [0, 0.1) is 5.82 Å². The first-order valence-corrected chi connectivity index (χ1v) is 9.25. The fraction of sp³-hybridized carbons (Fsp3) is 0.111. The van der Waals surface area contributed by atoms with Crippen molar-refractivity contribution in [3.05, 3.63) is 63.2 Å². The van der Waals surface area contributed by atoms with Crippen LogP contribution < -0.4 is 10.1 Å². The highest BCUT2D eigenvalue weighted by molar-refractivity contribution is 9.10. The number of halogens is 2. The lowest BCUT2D eigenvalue weighted by Gasteiger charge is -2.04. The third-order valence-corrected chi connectivity index (χ3v) is 5.33. The number of nitrogens with one attached hydrogen (secondary N) is 1. The van der Waals surface area contributed by atoms with Gasteiger partial charge >= 0.3 is 0 Å². The van der Waals surface area contributed by atoms with Crippen molar-refractivity contribution in [3.63, 3.8) is 0 Å². The zero-order chi connectivity index (χ0) is 17.4. The molecule has 0 saturated carbocycles. The number of carbonyl (C=O) groups excluding carboxylic acids is 1. The molecule has 25 heavy (non-hydrogen) atoms. The highest BCUT2D eigenvalue weighted by Crippen LogP contribution is 2.32. The summed E-state index contributed by atoms with van der Waals surface area (Å²) in [5, 5.41) is 5.06. The van der Waals surface area contributed by atoms with Gasteiger partial charge < -0.3 is 4.74 Å². The summed E-state index contributed by atoms with van der Waals surface area (Å²) in [6.45, 7) is 0.708. The third-order valence-electron chi connectivity index (χ3n) is 3.88. The van der Waals surface area contributed by atoms with Crippen LogP contribution in [0.25, 0.3) is 11.3 Å². The molecule has 1 aliphatic heterocycles. The van der Waals surface area contributed by atoms with Crippen LogP contribution in [-0.2, 0) is 6.42 Å².